The first-order valence-electron chi connectivity index (χ1n) is 10.2. The van der Waals surface area contributed by atoms with E-state index in [1.54, 1.807) is 12.1 Å². The number of nitrogens with one attached hydrogen (secondary N) is 1. The molecule has 1 aliphatic rings. The molecule has 4 nitrogen and oxygen atoms in total. The Balaban J connectivity index is 1.49. The van der Waals surface area contributed by atoms with Gasteiger partial charge in [-0.1, -0.05) is 45.0 Å². The topological polar surface area (TPSA) is 49.4 Å². The van der Waals surface area contributed by atoms with Crippen LogP contribution in [0.3, 0.4) is 0 Å². The van der Waals surface area contributed by atoms with Gasteiger partial charge in [-0.25, -0.2) is 4.39 Å². The van der Waals surface area contributed by atoms with Crippen LogP contribution in [0.15, 0.2) is 48.5 Å². The number of hydrogen-bond donors (Lipinski definition) is 1. The van der Waals surface area contributed by atoms with Gasteiger partial charge in [0.2, 0.25) is 5.91 Å². The molecule has 1 heterocycles. The van der Waals surface area contributed by atoms with Crippen molar-refractivity contribution in [1.29, 1.82) is 0 Å². The molecule has 0 bridgehead atoms. The fraction of sp³-hybridized carbons (Fsp3) is 0.417. The predicted molar refractivity (Wildman–Crippen MR) is 112 cm³/mol. The molecule has 29 heavy (non-hydrogen) atoms. The van der Waals surface area contributed by atoms with Gasteiger partial charge >= 0.3 is 0 Å². The Labute approximate surface area is 172 Å². The van der Waals surface area contributed by atoms with Crippen LogP contribution in [-0.2, 0) is 16.8 Å². The average molecular weight is 397 g/mol. The van der Waals surface area contributed by atoms with Gasteiger partial charge in [-0.15, -0.1) is 0 Å². The van der Waals surface area contributed by atoms with Crippen LogP contribution < -0.4 is 5.32 Å². The summed E-state index contributed by atoms with van der Waals surface area (Å²) in [5.74, 6) is -0.362. The van der Waals surface area contributed by atoms with Crippen molar-refractivity contribution in [2.24, 2.45) is 5.92 Å². The summed E-state index contributed by atoms with van der Waals surface area (Å²) in [6.45, 7) is 7.99. The maximum absolute atomic E-state index is 13.0. The Morgan fingerprint density at radius 2 is 1.59 bits per heavy atom. The molecule has 0 saturated carbocycles. The normalized spacial score (nSPS) is 15.2. The lowest BCUT2D eigenvalue weighted by atomic mass is 9.86. The molecular formula is C24H29FN2O2. The summed E-state index contributed by atoms with van der Waals surface area (Å²) in [5.41, 5.74) is 2.81. The first-order chi connectivity index (χ1) is 13.7. The third-order valence-electron chi connectivity index (χ3n) is 5.53. The summed E-state index contributed by atoms with van der Waals surface area (Å²) >= 11 is 0. The van der Waals surface area contributed by atoms with E-state index in [0.717, 1.165) is 5.56 Å². The standard InChI is InChI=1S/C24H29FN2O2/c1-24(2,3)20-8-6-19(7-9-20)23(29)27-14-12-18(13-15-27)22(28)26-16-17-4-10-21(25)11-5-17/h4-11,18H,12-16H2,1-3H3,(H,26,28). The number of piperidine rings is 1. The van der Waals surface area contributed by atoms with Crippen LogP contribution in [0, 0.1) is 11.7 Å². The third kappa shape index (κ3) is 5.43. The van der Waals surface area contributed by atoms with Gasteiger partial charge in [-0.05, 0) is 53.6 Å². The van der Waals surface area contributed by atoms with Gasteiger partial charge in [0, 0.05) is 31.1 Å². The predicted octanol–water partition coefficient (Wildman–Crippen LogP) is 4.29. The summed E-state index contributed by atoms with van der Waals surface area (Å²) in [6.07, 6.45) is 1.31. The number of rotatable bonds is 4. The zero-order valence-electron chi connectivity index (χ0n) is 17.4. The minimum Gasteiger partial charge on any atom is -0.352 e. The van der Waals surface area contributed by atoms with Crippen LogP contribution in [0.2, 0.25) is 0 Å². The second-order valence-corrected chi connectivity index (χ2v) is 8.74. The average Bonchev–Trinajstić information content (AvgIpc) is 2.72. The number of amides is 2. The van der Waals surface area contributed by atoms with E-state index in [0.29, 0.717) is 38.0 Å². The van der Waals surface area contributed by atoms with Crippen molar-refractivity contribution in [1.82, 2.24) is 10.2 Å². The van der Waals surface area contributed by atoms with Gasteiger partial charge < -0.3 is 10.2 Å². The van der Waals surface area contributed by atoms with Crippen molar-refractivity contribution >= 4 is 11.8 Å². The summed E-state index contributed by atoms with van der Waals surface area (Å²) in [6, 6.07) is 13.9. The van der Waals surface area contributed by atoms with E-state index in [9.17, 15) is 14.0 Å². The zero-order chi connectivity index (χ0) is 21.0. The van der Waals surface area contributed by atoms with Crippen LogP contribution in [-0.4, -0.2) is 29.8 Å². The molecule has 1 saturated heterocycles. The molecule has 0 aliphatic carbocycles. The smallest absolute Gasteiger partial charge is 0.253 e. The molecule has 0 aromatic heterocycles. The lowest BCUT2D eigenvalue weighted by Crippen LogP contribution is -2.42. The lowest BCUT2D eigenvalue weighted by Gasteiger charge is -2.31. The highest BCUT2D eigenvalue weighted by atomic mass is 19.1. The molecule has 2 amide bonds. The monoisotopic (exact) mass is 396 g/mol. The molecular weight excluding hydrogens is 367 g/mol. The SMILES string of the molecule is CC(C)(C)c1ccc(C(=O)N2CCC(C(=O)NCc3ccc(F)cc3)CC2)cc1. The summed E-state index contributed by atoms with van der Waals surface area (Å²) in [4.78, 5) is 27.0. The lowest BCUT2D eigenvalue weighted by molar-refractivity contribution is -0.126. The van der Waals surface area contributed by atoms with Crippen molar-refractivity contribution in [2.75, 3.05) is 13.1 Å². The molecule has 1 aliphatic heterocycles. The quantitative estimate of drug-likeness (QED) is 0.838. The van der Waals surface area contributed by atoms with Crippen molar-refractivity contribution in [3.63, 3.8) is 0 Å². The van der Waals surface area contributed by atoms with E-state index in [1.165, 1.54) is 17.7 Å². The second kappa shape index (κ2) is 8.76. The largest absolute Gasteiger partial charge is 0.352 e. The highest BCUT2D eigenvalue weighted by Crippen LogP contribution is 2.24. The molecule has 1 fully saturated rings. The summed E-state index contributed by atoms with van der Waals surface area (Å²) in [7, 11) is 0. The number of halogens is 1. The Morgan fingerprint density at radius 3 is 2.14 bits per heavy atom. The molecule has 1 N–H and O–H groups in total. The Kier molecular flexibility index (Phi) is 6.36. The number of carbonyl (C=O) groups excluding carboxylic acids is 2. The van der Waals surface area contributed by atoms with Gasteiger partial charge in [0.05, 0.1) is 0 Å². The van der Waals surface area contributed by atoms with Crippen molar-refractivity contribution < 1.29 is 14.0 Å². The second-order valence-electron chi connectivity index (χ2n) is 8.74. The number of carbonyl (C=O) groups is 2. The van der Waals surface area contributed by atoms with E-state index < -0.39 is 0 Å². The minimum atomic E-state index is -0.287. The number of benzene rings is 2. The van der Waals surface area contributed by atoms with E-state index in [1.807, 2.05) is 29.2 Å². The minimum absolute atomic E-state index is 0.00375. The van der Waals surface area contributed by atoms with Gasteiger partial charge in [-0.3, -0.25) is 9.59 Å². The van der Waals surface area contributed by atoms with Crippen LogP contribution >= 0.6 is 0 Å². The van der Waals surface area contributed by atoms with Crippen LogP contribution in [0.1, 0.15) is 55.1 Å². The maximum atomic E-state index is 13.0. The van der Waals surface area contributed by atoms with E-state index in [4.69, 9.17) is 0 Å². The molecule has 0 unspecified atom stereocenters. The Hall–Kier alpha value is -2.69. The molecule has 0 atom stereocenters. The molecule has 0 radical (unpaired) electrons. The van der Waals surface area contributed by atoms with E-state index in [2.05, 4.69) is 26.1 Å². The molecule has 2 aromatic rings. The molecule has 3 rings (SSSR count). The third-order valence-corrected chi connectivity index (χ3v) is 5.53. The van der Waals surface area contributed by atoms with Crippen molar-refractivity contribution in [2.45, 2.75) is 45.6 Å². The molecule has 2 aromatic carbocycles. The van der Waals surface area contributed by atoms with Gasteiger partial charge in [0.1, 0.15) is 5.82 Å². The fourth-order valence-electron chi connectivity index (χ4n) is 3.58. The Morgan fingerprint density at radius 1 is 1.00 bits per heavy atom. The zero-order valence-corrected chi connectivity index (χ0v) is 17.4. The van der Waals surface area contributed by atoms with Crippen molar-refractivity contribution in [3.05, 3.63) is 71.0 Å². The molecule has 5 heteroatoms. The molecule has 0 spiro atoms. The van der Waals surface area contributed by atoms with Crippen LogP contribution in [0.25, 0.3) is 0 Å². The van der Waals surface area contributed by atoms with Gasteiger partial charge in [-0.2, -0.15) is 0 Å². The van der Waals surface area contributed by atoms with E-state index in [-0.39, 0.29) is 29.0 Å². The number of likely N-dealkylation sites (tertiary alicyclic amines) is 1. The summed E-state index contributed by atoms with van der Waals surface area (Å²) < 4.78 is 13.0. The molecule has 154 valence electrons. The Bertz CT molecular complexity index is 846. The number of hydrogen-bond acceptors (Lipinski definition) is 2. The van der Waals surface area contributed by atoms with Gasteiger partial charge in [0.15, 0.2) is 0 Å². The highest BCUT2D eigenvalue weighted by Gasteiger charge is 2.28. The van der Waals surface area contributed by atoms with Gasteiger partial charge in [0.25, 0.3) is 5.91 Å². The fourth-order valence-corrected chi connectivity index (χ4v) is 3.58. The van der Waals surface area contributed by atoms with E-state index >= 15 is 0 Å². The van der Waals surface area contributed by atoms with Crippen LogP contribution in [0.4, 0.5) is 4.39 Å². The first kappa shape index (κ1) is 21.0. The number of nitrogens with zero attached hydrogens (tertiary/aromatic N) is 1. The van der Waals surface area contributed by atoms with Crippen LogP contribution in [0.5, 0.6) is 0 Å². The van der Waals surface area contributed by atoms with Crippen molar-refractivity contribution in [3.8, 4) is 0 Å². The summed E-state index contributed by atoms with van der Waals surface area (Å²) in [5, 5.41) is 2.92. The first-order valence-corrected chi connectivity index (χ1v) is 10.2. The highest BCUT2D eigenvalue weighted by molar-refractivity contribution is 5.94. The maximum Gasteiger partial charge on any atom is 0.253 e.